The van der Waals surface area contributed by atoms with Crippen LogP contribution in [-0.4, -0.2) is 62.5 Å². The van der Waals surface area contributed by atoms with Crippen LogP contribution in [-0.2, 0) is 17.6 Å². The number of benzene rings is 1. The fraction of sp³-hybridized carbons (Fsp3) is 0.500. The molecule has 4 rings (SSSR count). The number of rotatable bonds is 6. The lowest BCUT2D eigenvalue weighted by atomic mass is 9.89. The molecule has 2 aromatic rings. The Labute approximate surface area is 158 Å². The number of hydrogen-bond donors (Lipinski definition) is 1. The standard InChI is InChI=1S/C20H25N3O4/c1-25-15-5-3-14-4-6-16-18(22-27-19(16)17(14)13-15)20(24)21-7-2-8-23-9-11-26-12-10-23/h3,5,13H,2,4,6-12H2,1H3,(H,21,24). The van der Waals surface area contributed by atoms with Gasteiger partial charge in [0.05, 0.1) is 20.3 Å². The van der Waals surface area contributed by atoms with Crippen LogP contribution in [0.1, 0.15) is 28.0 Å². The van der Waals surface area contributed by atoms with E-state index >= 15 is 0 Å². The third-order valence-electron chi connectivity index (χ3n) is 5.25. The zero-order chi connectivity index (χ0) is 18.6. The van der Waals surface area contributed by atoms with Gasteiger partial charge in [0, 0.05) is 30.8 Å². The highest BCUT2D eigenvalue weighted by atomic mass is 16.5. The van der Waals surface area contributed by atoms with Gasteiger partial charge in [0.1, 0.15) is 5.75 Å². The van der Waals surface area contributed by atoms with Crippen molar-refractivity contribution in [3.8, 4) is 17.1 Å². The molecule has 7 nitrogen and oxygen atoms in total. The Morgan fingerprint density at radius 2 is 2.15 bits per heavy atom. The van der Waals surface area contributed by atoms with Crippen LogP contribution in [0.4, 0.5) is 0 Å². The van der Waals surface area contributed by atoms with Crippen molar-refractivity contribution in [2.45, 2.75) is 19.3 Å². The molecule has 1 amide bonds. The zero-order valence-corrected chi connectivity index (χ0v) is 15.6. The van der Waals surface area contributed by atoms with E-state index in [9.17, 15) is 4.79 Å². The number of fused-ring (bicyclic) bond motifs is 3. The van der Waals surface area contributed by atoms with E-state index in [4.69, 9.17) is 14.0 Å². The summed E-state index contributed by atoms with van der Waals surface area (Å²) in [4.78, 5) is 14.9. The highest BCUT2D eigenvalue weighted by Gasteiger charge is 2.27. The third kappa shape index (κ3) is 3.84. The minimum Gasteiger partial charge on any atom is -0.497 e. The number of carbonyl (C=O) groups excluding carboxylic acids is 1. The van der Waals surface area contributed by atoms with E-state index in [1.54, 1.807) is 7.11 Å². The number of aromatic nitrogens is 1. The number of nitrogens with zero attached hydrogens (tertiary/aromatic N) is 2. The van der Waals surface area contributed by atoms with E-state index in [0.717, 1.165) is 69.0 Å². The number of amides is 1. The van der Waals surface area contributed by atoms with Crippen LogP contribution in [0.15, 0.2) is 22.7 Å². The Morgan fingerprint density at radius 1 is 1.30 bits per heavy atom. The van der Waals surface area contributed by atoms with Crippen molar-refractivity contribution in [3.05, 3.63) is 35.0 Å². The average Bonchev–Trinajstić information content (AvgIpc) is 3.16. The normalized spacial score (nSPS) is 16.5. The molecule has 7 heteroatoms. The number of nitrogens with one attached hydrogen (secondary N) is 1. The monoisotopic (exact) mass is 371 g/mol. The highest BCUT2D eigenvalue weighted by Crippen LogP contribution is 2.37. The maximum absolute atomic E-state index is 12.6. The topological polar surface area (TPSA) is 76.8 Å². The van der Waals surface area contributed by atoms with Crippen LogP contribution < -0.4 is 10.1 Å². The first-order valence-corrected chi connectivity index (χ1v) is 9.50. The fourth-order valence-corrected chi connectivity index (χ4v) is 3.72. The highest BCUT2D eigenvalue weighted by molar-refractivity contribution is 5.95. The lowest BCUT2D eigenvalue weighted by molar-refractivity contribution is 0.0374. The predicted molar refractivity (Wildman–Crippen MR) is 100 cm³/mol. The zero-order valence-electron chi connectivity index (χ0n) is 15.6. The molecule has 0 spiro atoms. The molecule has 0 radical (unpaired) electrons. The van der Waals surface area contributed by atoms with E-state index in [1.807, 2.05) is 18.2 Å². The molecule has 144 valence electrons. The summed E-state index contributed by atoms with van der Waals surface area (Å²) in [6.07, 6.45) is 2.53. The van der Waals surface area contributed by atoms with Gasteiger partial charge in [-0.15, -0.1) is 0 Å². The molecule has 0 saturated carbocycles. The van der Waals surface area contributed by atoms with Crippen LogP contribution >= 0.6 is 0 Å². The number of methoxy groups -OCH3 is 1. The summed E-state index contributed by atoms with van der Waals surface area (Å²) in [6.45, 7) is 5.12. The minimum absolute atomic E-state index is 0.159. The van der Waals surface area contributed by atoms with Crippen molar-refractivity contribution in [2.75, 3.05) is 46.5 Å². The number of morpholine rings is 1. The van der Waals surface area contributed by atoms with Crippen LogP contribution in [0.2, 0.25) is 0 Å². The van der Waals surface area contributed by atoms with E-state index in [1.165, 1.54) is 5.56 Å². The van der Waals surface area contributed by atoms with Crippen molar-refractivity contribution in [1.29, 1.82) is 0 Å². The summed E-state index contributed by atoms with van der Waals surface area (Å²) in [5, 5.41) is 7.04. The summed E-state index contributed by atoms with van der Waals surface area (Å²) in [5.74, 6) is 1.30. The maximum atomic E-state index is 12.6. The molecule has 1 fully saturated rings. The molecular weight excluding hydrogens is 346 g/mol. The van der Waals surface area contributed by atoms with Gasteiger partial charge in [0.2, 0.25) is 0 Å². The first kappa shape index (κ1) is 18.0. The Hall–Kier alpha value is -2.38. The van der Waals surface area contributed by atoms with E-state index in [-0.39, 0.29) is 5.91 Å². The molecule has 1 aromatic heterocycles. The number of carbonyl (C=O) groups is 1. The Bertz CT molecular complexity index is 812. The largest absolute Gasteiger partial charge is 0.497 e. The van der Waals surface area contributed by atoms with Gasteiger partial charge in [0.25, 0.3) is 5.91 Å². The summed E-state index contributed by atoms with van der Waals surface area (Å²) in [7, 11) is 1.64. The summed E-state index contributed by atoms with van der Waals surface area (Å²) in [6, 6.07) is 5.94. The fourth-order valence-electron chi connectivity index (χ4n) is 3.72. The number of ether oxygens (including phenoxy) is 2. The van der Waals surface area contributed by atoms with Crippen LogP contribution in [0.5, 0.6) is 5.75 Å². The van der Waals surface area contributed by atoms with Crippen LogP contribution in [0.25, 0.3) is 11.3 Å². The number of hydrogen-bond acceptors (Lipinski definition) is 6. The molecule has 1 aliphatic carbocycles. The van der Waals surface area contributed by atoms with Gasteiger partial charge in [-0.1, -0.05) is 11.2 Å². The quantitative estimate of drug-likeness (QED) is 0.782. The van der Waals surface area contributed by atoms with Gasteiger partial charge in [-0.3, -0.25) is 9.69 Å². The van der Waals surface area contributed by atoms with Gasteiger partial charge >= 0.3 is 0 Å². The average molecular weight is 371 g/mol. The van der Waals surface area contributed by atoms with E-state index < -0.39 is 0 Å². The Kier molecular flexibility index (Phi) is 5.40. The molecular formula is C20H25N3O4. The van der Waals surface area contributed by atoms with Gasteiger partial charge in [-0.05, 0) is 43.5 Å². The molecule has 2 aliphatic rings. The second kappa shape index (κ2) is 8.10. The Morgan fingerprint density at radius 3 is 2.96 bits per heavy atom. The van der Waals surface area contributed by atoms with Gasteiger partial charge in [0.15, 0.2) is 11.5 Å². The summed E-state index contributed by atoms with van der Waals surface area (Å²) in [5.41, 5.74) is 3.46. The summed E-state index contributed by atoms with van der Waals surface area (Å²) >= 11 is 0. The van der Waals surface area contributed by atoms with Gasteiger partial charge < -0.3 is 19.3 Å². The minimum atomic E-state index is -0.159. The van der Waals surface area contributed by atoms with Crippen molar-refractivity contribution < 1.29 is 18.8 Å². The summed E-state index contributed by atoms with van der Waals surface area (Å²) < 4.78 is 16.2. The van der Waals surface area contributed by atoms with Crippen molar-refractivity contribution in [3.63, 3.8) is 0 Å². The Balaban J connectivity index is 1.38. The molecule has 1 aromatic carbocycles. The van der Waals surface area contributed by atoms with Crippen LogP contribution in [0.3, 0.4) is 0 Å². The third-order valence-corrected chi connectivity index (χ3v) is 5.25. The van der Waals surface area contributed by atoms with Gasteiger partial charge in [-0.25, -0.2) is 0 Å². The van der Waals surface area contributed by atoms with Gasteiger partial charge in [-0.2, -0.15) is 0 Å². The molecule has 0 unspecified atom stereocenters. The predicted octanol–water partition coefficient (Wildman–Crippen LogP) is 1.90. The van der Waals surface area contributed by atoms with Crippen molar-refractivity contribution in [2.24, 2.45) is 0 Å². The molecule has 1 saturated heterocycles. The molecule has 1 aliphatic heterocycles. The van der Waals surface area contributed by atoms with Crippen molar-refractivity contribution >= 4 is 5.91 Å². The maximum Gasteiger partial charge on any atom is 0.273 e. The lowest BCUT2D eigenvalue weighted by Crippen LogP contribution is -2.38. The molecule has 0 atom stereocenters. The molecule has 0 bridgehead atoms. The smallest absolute Gasteiger partial charge is 0.273 e. The van der Waals surface area contributed by atoms with E-state index in [0.29, 0.717) is 18.0 Å². The molecule has 2 heterocycles. The number of aryl methyl sites for hydroxylation is 1. The lowest BCUT2D eigenvalue weighted by Gasteiger charge is -2.26. The van der Waals surface area contributed by atoms with Crippen LogP contribution in [0, 0.1) is 0 Å². The second-order valence-electron chi connectivity index (χ2n) is 6.93. The second-order valence-corrected chi connectivity index (χ2v) is 6.93. The van der Waals surface area contributed by atoms with Crippen molar-refractivity contribution in [1.82, 2.24) is 15.4 Å². The first-order chi connectivity index (χ1) is 13.3. The molecule has 1 N–H and O–H groups in total. The first-order valence-electron chi connectivity index (χ1n) is 9.50. The SMILES string of the molecule is COc1ccc2c(c1)-c1onc(C(=O)NCCCN3CCOCC3)c1CC2. The van der Waals surface area contributed by atoms with E-state index in [2.05, 4.69) is 15.4 Å². The molecule has 27 heavy (non-hydrogen) atoms.